The summed E-state index contributed by atoms with van der Waals surface area (Å²) in [5.41, 5.74) is 1.72. The fourth-order valence-electron chi connectivity index (χ4n) is 5.38. The first-order chi connectivity index (χ1) is 18.5. The number of alkyl halides is 3. The minimum atomic E-state index is -4.67. The molecule has 3 aromatic rings. The number of para-hydroxylation sites is 1. The highest BCUT2D eigenvalue weighted by Gasteiger charge is 2.42. The molecule has 9 heteroatoms. The third kappa shape index (κ3) is 5.34. The van der Waals surface area contributed by atoms with E-state index in [1.165, 1.54) is 24.3 Å². The Kier molecular flexibility index (Phi) is 7.31. The van der Waals surface area contributed by atoms with Crippen LogP contribution in [-0.4, -0.2) is 11.7 Å². The third-order valence-corrected chi connectivity index (χ3v) is 7.66. The normalized spacial score (nSPS) is 19.5. The van der Waals surface area contributed by atoms with Crippen molar-refractivity contribution < 1.29 is 22.8 Å². The number of dihydropyridines is 1. The smallest absolute Gasteiger partial charge is 0.362 e. The van der Waals surface area contributed by atoms with E-state index in [-0.39, 0.29) is 34.4 Å². The molecule has 0 bridgehead atoms. The number of nitrogens with one attached hydrogen (secondary N) is 2. The maximum Gasteiger partial charge on any atom is 0.418 e. The molecule has 2 aliphatic rings. The number of Topliss-reactive ketones (excluding diaryl/α,β-unsaturated/α-hetero) is 1. The lowest BCUT2D eigenvalue weighted by Crippen LogP contribution is -2.37. The fourth-order valence-corrected chi connectivity index (χ4v) is 5.89. The Morgan fingerprint density at radius 3 is 2.36 bits per heavy atom. The number of rotatable bonds is 4. The molecule has 1 aliphatic carbocycles. The quantitative estimate of drug-likeness (QED) is 0.334. The molecule has 0 unspecified atom stereocenters. The van der Waals surface area contributed by atoms with Gasteiger partial charge in [0.1, 0.15) is 0 Å². The number of carbonyl (C=O) groups is 2. The van der Waals surface area contributed by atoms with Crippen molar-refractivity contribution >= 4 is 40.6 Å². The standard InChI is InChI=1S/C30H23Cl2F3N2O2/c1-16-26(29(39)37-23-10-6-5-9-21(23)30(33,34)35)27(20-12-11-19(31)15-22(20)32)28-24(36-16)13-18(14-25(28)38)17-7-3-2-4-8-17/h2-12,15,18,27,36H,13-14H2,1H3,(H,37,39)/t18-,27-/m1/s1. The Labute approximate surface area is 233 Å². The molecule has 2 atom stereocenters. The van der Waals surface area contributed by atoms with Gasteiger partial charge in [-0.25, -0.2) is 0 Å². The van der Waals surface area contributed by atoms with Gasteiger partial charge in [0, 0.05) is 44.9 Å². The van der Waals surface area contributed by atoms with E-state index in [2.05, 4.69) is 10.6 Å². The van der Waals surface area contributed by atoms with E-state index in [0.717, 1.165) is 11.6 Å². The molecule has 39 heavy (non-hydrogen) atoms. The van der Waals surface area contributed by atoms with E-state index in [0.29, 0.717) is 34.0 Å². The second kappa shape index (κ2) is 10.5. The number of amides is 1. The summed E-state index contributed by atoms with van der Waals surface area (Å²) in [5.74, 6) is -1.89. The molecule has 1 heterocycles. The zero-order chi connectivity index (χ0) is 27.9. The van der Waals surface area contributed by atoms with Crippen molar-refractivity contribution in [2.45, 2.75) is 37.8 Å². The number of halogens is 5. The fraction of sp³-hybridized carbons (Fsp3) is 0.200. The number of ketones is 1. The number of allylic oxidation sites excluding steroid dienone is 3. The topological polar surface area (TPSA) is 58.2 Å². The second-order valence-electron chi connectivity index (χ2n) is 9.59. The van der Waals surface area contributed by atoms with Gasteiger partial charge in [-0.2, -0.15) is 13.2 Å². The van der Waals surface area contributed by atoms with Crippen LogP contribution < -0.4 is 10.6 Å². The van der Waals surface area contributed by atoms with Crippen LogP contribution in [0.2, 0.25) is 10.0 Å². The van der Waals surface area contributed by atoms with Gasteiger partial charge < -0.3 is 10.6 Å². The minimum absolute atomic E-state index is 0.0619. The first-order valence-corrected chi connectivity index (χ1v) is 13.0. The van der Waals surface area contributed by atoms with E-state index in [4.69, 9.17) is 23.2 Å². The van der Waals surface area contributed by atoms with Gasteiger partial charge in [0.05, 0.1) is 11.3 Å². The molecular weight excluding hydrogens is 548 g/mol. The van der Waals surface area contributed by atoms with Gasteiger partial charge in [0.2, 0.25) is 0 Å². The number of carbonyl (C=O) groups excluding carboxylic acids is 2. The van der Waals surface area contributed by atoms with Crippen molar-refractivity contribution in [1.29, 1.82) is 0 Å². The molecule has 200 valence electrons. The Balaban J connectivity index is 1.60. The van der Waals surface area contributed by atoms with Gasteiger partial charge in [-0.3, -0.25) is 9.59 Å². The van der Waals surface area contributed by atoms with Gasteiger partial charge in [-0.15, -0.1) is 0 Å². The molecule has 0 fully saturated rings. The van der Waals surface area contributed by atoms with Gasteiger partial charge in [0.15, 0.2) is 5.78 Å². The lowest BCUT2D eigenvalue weighted by atomic mass is 9.71. The molecule has 5 rings (SSSR count). The second-order valence-corrected chi connectivity index (χ2v) is 10.4. The maximum absolute atomic E-state index is 13.7. The van der Waals surface area contributed by atoms with Crippen LogP contribution in [0, 0.1) is 0 Å². The average molecular weight is 571 g/mol. The Bertz CT molecular complexity index is 1530. The zero-order valence-corrected chi connectivity index (χ0v) is 22.2. The molecule has 0 saturated heterocycles. The van der Waals surface area contributed by atoms with Crippen LogP contribution in [0.15, 0.2) is 95.3 Å². The maximum atomic E-state index is 13.7. The van der Waals surface area contributed by atoms with Gasteiger partial charge in [-0.1, -0.05) is 71.7 Å². The Morgan fingerprint density at radius 2 is 1.67 bits per heavy atom. The molecule has 0 spiro atoms. The van der Waals surface area contributed by atoms with E-state index < -0.39 is 23.6 Å². The molecule has 0 saturated carbocycles. The summed E-state index contributed by atoms with van der Waals surface area (Å²) in [6, 6.07) is 19.2. The van der Waals surface area contributed by atoms with Crippen molar-refractivity contribution in [3.8, 4) is 0 Å². The third-order valence-electron chi connectivity index (χ3n) is 7.10. The largest absolute Gasteiger partial charge is 0.418 e. The lowest BCUT2D eigenvalue weighted by Gasteiger charge is -2.37. The van der Waals surface area contributed by atoms with Crippen LogP contribution in [0.5, 0.6) is 0 Å². The minimum Gasteiger partial charge on any atom is -0.362 e. The van der Waals surface area contributed by atoms with Gasteiger partial charge in [0.25, 0.3) is 5.91 Å². The Morgan fingerprint density at radius 1 is 0.974 bits per heavy atom. The summed E-state index contributed by atoms with van der Waals surface area (Å²) < 4.78 is 40.9. The van der Waals surface area contributed by atoms with E-state index >= 15 is 0 Å². The molecule has 0 radical (unpaired) electrons. The van der Waals surface area contributed by atoms with Gasteiger partial charge in [-0.05, 0) is 54.7 Å². The summed E-state index contributed by atoms with van der Waals surface area (Å²) in [6.45, 7) is 1.67. The van der Waals surface area contributed by atoms with Crippen LogP contribution >= 0.6 is 23.2 Å². The van der Waals surface area contributed by atoms with Crippen molar-refractivity contribution in [1.82, 2.24) is 5.32 Å². The summed E-state index contributed by atoms with van der Waals surface area (Å²) >= 11 is 12.7. The first kappa shape index (κ1) is 27.0. The molecule has 1 aliphatic heterocycles. The molecule has 4 nitrogen and oxygen atoms in total. The van der Waals surface area contributed by atoms with Crippen molar-refractivity contribution in [2.75, 3.05) is 5.32 Å². The SMILES string of the molecule is CC1=C(C(=O)Nc2ccccc2C(F)(F)F)[C@@H](c2ccc(Cl)cc2Cl)C2=C(C[C@@H](c3ccccc3)CC2=O)N1. The predicted octanol–water partition coefficient (Wildman–Crippen LogP) is 8.01. The van der Waals surface area contributed by atoms with E-state index in [1.807, 2.05) is 30.3 Å². The predicted molar refractivity (Wildman–Crippen MR) is 146 cm³/mol. The first-order valence-electron chi connectivity index (χ1n) is 12.3. The molecule has 1 amide bonds. The summed E-state index contributed by atoms with van der Waals surface area (Å²) in [6.07, 6.45) is -3.93. The summed E-state index contributed by atoms with van der Waals surface area (Å²) in [5, 5.41) is 6.28. The molecule has 3 aromatic carbocycles. The number of benzene rings is 3. The molecule has 0 aromatic heterocycles. The van der Waals surface area contributed by atoms with Crippen LogP contribution in [0.4, 0.5) is 18.9 Å². The summed E-state index contributed by atoms with van der Waals surface area (Å²) in [4.78, 5) is 27.4. The van der Waals surface area contributed by atoms with E-state index in [9.17, 15) is 22.8 Å². The van der Waals surface area contributed by atoms with Crippen molar-refractivity contribution in [3.05, 3.63) is 122 Å². The van der Waals surface area contributed by atoms with Crippen LogP contribution in [0.3, 0.4) is 0 Å². The highest BCUT2D eigenvalue weighted by Crippen LogP contribution is 2.47. The average Bonchev–Trinajstić information content (AvgIpc) is 2.88. The molecule has 2 N–H and O–H groups in total. The van der Waals surface area contributed by atoms with Crippen LogP contribution in [-0.2, 0) is 15.8 Å². The highest BCUT2D eigenvalue weighted by molar-refractivity contribution is 6.35. The van der Waals surface area contributed by atoms with Gasteiger partial charge >= 0.3 is 6.18 Å². The van der Waals surface area contributed by atoms with Crippen LogP contribution in [0.25, 0.3) is 0 Å². The molecular formula is C30H23Cl2F3N2O2. The number of hydrogen-bond donors (Lipinski definition) is 2. The van der Waals surface area contributed by atoms with Crippen molar-refractivity contribution in [2.24, 2.45) is 0 Å². The van der Waals surface area contributed by atoms with E-state index in [1.54, 1.807) is 19.1 Å². The number of hydrogen-bond acceptors (Lipinski definition) is 3. The summed E-state index contributed by atoms with van der Waals surface area (Å²) in [7, 11) is 0. The Hall–Kier alpha value is -3.55. The van der Waals surface area contributed by atoms with Crippen molar-refractivity contribution in [3.63, 3.8) is 0 Å². The number of anilines is 1. The zero-order valence-electron chi connectivity index (χ0n) is 20.7. The highest BCUT2D eigenvalue weighted by atomic mass is 35.5. The lowest BCUT2D eigenvalue weighted by molar-refractivity contribution is -0.137. The monoisotopic (exact) mass is 570 g/mol. The van der Waals surface area contributed by atoms with Crippen LogP contribution in [0.1, 0.15) is 48.3 Å².